The highest BCUT2D eigenvalue weighted by atomic mass is 79.9. The summed E-state index contributed by atoms with van der Waals surface area (Å²) in [4.78, 5) is 15.4. The summed E-state index contributed by atoms with van der Waals surface area (Å²) in [5.41, 5.74) is 2.59. The Hall–Kier alpha value is -2.57. The third kappa shape index (κ3) is 4.92. The maximum absolute atomic E-state index is 13.0. The second kappa shape index (κ2) is 10.4. The number of nitrogens with one attached hydrogen (secondary N) is 2. The third-order valence-electron chi connectivity index (χ3n) is 6.01. The van der Waals surface area contributed by atoms with Crippen LogP contribution in [0.1, 0.15) is 36.5 Å². The predicted molar refractivity (Wildman–Crippen MR) is 136 cm³/mol. The minimum absolute atomic E-state index is 0.133. The Morgan fingerprint density at radius 3 is 2.59 bits per heavy atom. The van der Waals surface area contributed by atoms with Crippen molar-refractivity contribution in [1.29, 1.82) is 0 Å². The van der Waals surface area contributed by atoms with Crippen LogP contribution >= 0.6 is 15.9 Å². The normalized spacial score (nSPS) is 15.8. The van der Waals surface area contributed by atoms with Crippen molar-refractivity contribution in [2.24, 2.45) is 0 Å². The van der Waals surface area contributed by atoms with Gasteiger partial charge in [0.25, 0.3) is 5.91 Å². The van der Waals surface area contributed by atoms with Crippen LogP contribution in [0.4, 0.5) is 11.4 Å². The van der Waals surface area contributed by atoms with Crippen molar-refractivity contribution in [3.05, 3.63) is 64.6 Å². The Morgan fingerprint density at radius 1 is 1.16 bits per heavy atom. The maximum Gasteiger partial charge on any atom is 0.255 e. The van der Waals surface area contributed by atoms with Gasteiger partial charge < -0.3 is 20.3 Å². The minimum atomic E-state index is -0.133. The van der Waals surface area contributed by atoms with Crippen LogP contribution in [0.5, 0.6) is 5.75 Å². The summed E-state index contributed by atoms with van der Waals surface area (Å²) in [6.07, 6.45) is 3.23. The molecule has 6 heteroatoms. The summed E-state index contributed by atoms with van der Waals surface area (Å²) in [6, 6.07) is 18.1. The monoisotopic (exact) mass is 495 g/mol. The van der Waals surface area contributed by atoms with E-state index in [1.807, 2.05) is 49.5 Å². The lowest BCUT2D eigenvalue weighted by Crippen LogP contribution is -2.29. The van der Waals surface area contributed by atoms with Gasteiger partial charge in [0.2, 0.25) is 0 Å². The molecule has 0 radical (unpaired) electrons. The largest absolute Gasteiger partial charge is 0.494 e. The highest BCUT2D eigenvalue weighted by molar-refractivity contribution is 9.10. The van der Waals surface area contributed by atoms with E-state index in [9.17, 15) is 4.79 Å². The highest BCUT2D eigenvalue weighted by Gasteiger charge is 2.25. The van der Waals surface area contributed by atoms with Gasteiger partial charge in [0, 0.05) is 39.9 Å². The molecule has 168 valence electrons. The van der Waals surface area contributed by atoms with Gasteiger partial charge in [-0.1, -0.05) is 37.6 Å². The van der Waals surface area contributed by atoms with E-state index in [-0.39, 0.29) is 5.91 Å². The van der Waals surface area contributed by atoms with E-state index in [1.54, 1.807) is 0 Å². The van der Waals surface area contributed by atoms with Crippen LogP contribution in [0.2, 0.25) is 0 Å². The molecule has 0 aliphatic carbocycles. The summed E-state index contributed by atoms with van der Waals surface area (Å²) in [5.74, 6) is 0.657. The summed E-state index contributed by atoms with van der Waals surface area (Å²) in [5, 5.41) is 8.66. The standard InChI is InChI=1S/C26H30BrN3O2/c1-3-4-15-32-20-11-9-18(10-12-20)26(31)29-24-16-23(27)25(22-8-6-5-7-21(22)24)30-14-13-19(17-30)28-2/h5-12,16,19,28H,3-4,13-15,17H2,1-2H3,(H,29,31). The van der Waals surface area contributed by atoms with Gasteiger partial charge >= 0.3 is 0 Å². The molecular weight excluding hydrogens is 466 g/mol. The number of halogens is 1. The van der Waals surface area contributed by atoms with Gasteiger partial charge in [-0.2, -0.15) is 0 Å². The number of likely N-dealkylation sites (N-methyl/N-ethyl adjacent to an activating group) is 1. The van der Waals surface area contributed by atoms with Crippen molar-refractivity contribution in [1.82, 2.24) is 5.32 Å². The number of benzene rings is 3. The topological polar surface area (TPSA) is 53.6 Å². The fourth-order valence-corrected chi connectivity index (χ4v) is 4.87. The van der Waals surface area contributed by atoms with Crippen LogP contribution in [0, 0.1) is 0 Å². The molecule has 1 saturated heterocycles. The lowest BCUT2D eigenvalue weighted by atomic mass is 10.1. The molecule has 0 saturated carbocycles. The molecule has 1 atom stereocenters. The first-order valence-corrected chi connectivity index (χ1v) is 12.1. The Balaban J connectivity index is 1.57. The molecule has 5 nitrogen and oxygen atoms in total. The fraction of sp³-hybridized carbons (Fsp3) is 0.346. The molecule has 0 spiro atoms. The summed E-state index contributed by atoms with van der Waals surface area (Å²) >= 11 is 3.78. The van der Waals surface area contributed by atoms with Gasteiger partial charge in [-0.15, -0.1) is 0 Å². The molecule has 1 fully saturated rings. The van der Waals surface area contributed by atoms with Crippen LogP contribution < -0.4 is 20.3 Å². The van der Waals surface area contributed by atoms with E-state index >= 15 is 0 Å². The van der Waals surface area contributed by atoms with Gasteiger partial charge in [0.1, 0.15) is 5.75 Å². The maximum atomic E-state index is 13.0. The van der Waals surface area contributed by atoms with E-state index in [4.69, 9.17) is 4.74 Å². The van der Waals surface area contributed by atoms with Gasteiger partial charge in [-0.3, -0.25) is 4.79 Å². The number of carbonyl (C=O) groups is 1. The molecule has 1 aliphatic heterocycles. The molecule has 32 heavy (non-hydrogen) atoms. The second-order valence-electron chi connectivity index (χ2n) is 8.20. The van der Waals surface area contributed by atoms with Crippen LogP contribution in [0.25, 0.3) is 10.8 Å². The first kappa shape index (κ1) is 22.6. The average molecular weight is 496 g/mol. The number of hydrogen-bond donors (Lipinski definition) is 2. The number of carbonyl (C=O) groups excluding carboxylic acids is 1. The van der Waals surface area contributed by atoms with E-state index in [2.05, 4.69) is 50.5 Å². The van der Waals surface area contributed by atoms with Gasteiger partial charge in [0.15, 0.2) is 0 Å². The zero-order chi connectivity index (χ0) is 22.5. The Labute approximate surface area is 198 Å². The number of unbranched alkanes of at least 4 members (excludes halogenated alkanes) is 1. The molecule has 4 rings (SSSR count). The number of nitrogens with zero attached hydrogens (tertiary/aromatic N) is 1. The SMILES string of the molecule is CCCCOc1ccc(C(=O)Nc2cc(Br)c(N3CCC(NC)C3)c3ccccc23)cc1. The Bertz CT molecular complexity index is 1080. The van der Waals surface area contributed by atoms with Crippen LogP contribution in [0.15, 0.2) is 59.1 Å². The predicted octanol–water partition coefficient (Wildman–Crippen LogP) is 5.83. The zero-order valence-electron chi connectivity index (χ0n) is 18.7. The van der Waals surface area contributed by atoms with Gasteiger partial charge in [0.05, 0.1) is 18.0 Å². The lowest BCUT2D eigenvalue weighted by Gasteiger charge is -2.24. The van der Waals surface area contributed by atoms with Crippen LogP contribution in [0.3, 0.4) is 0 Å². The molecule has 1 aliphatic rings. The summed E-state index contributed by atoms with van der Waals surface area (Å²) in [7, 11) is 2.02. The number of rotatable bonds is 8. The molecule has 3 aromatic rings. The second-order valence-corrected chi connectivity index (χ2v) is 9.06. The fourth-order valence-electron chi connectivity index (χ4n) is 4.18. The number of hydrogen-bond acceptors (Lipinski definition) is 4. The van der Waals surface area contributed by atoms with Crippen molar-refractivity contribution in [3.8, 4) is 5.75 Å². The zero-order valence-corrected chi connectivity index (χ0v) is 20.2. The van der Waals surface area contributed by atoms with E-state index in [1.165, 1.54) is 5.69 Å². The van der Waals surface area contributed by atoms with Crippen LogP contribution in [-0.4, -0.2) is 38.7 Å². The van der Waals surface area contributed by atoms with Crippen molar-refractivity contribution >= 4 is 44.0 Å². The third-order valence-corrected chi connectivity index (χ3v) is 6.62. The number of ether oxygens (including phenoxy) is 1. The lowest BCUT2D eigenvalue weighted by molar-refractivity contribution is 0.102. The van der Waals surface area contributed by atoms with Gasteiger partial charge in [-0.25, -0.2) is 0 Å². The van der Waals surface area contributed by atoms with Crippen LogP contribution in [-0.2, 0) is 0 Å². The van der Waals surface area contributed by atoms with Gasteiger partial charge in [-0.05, 0) is 66.2 Å². The van der Waals surface area contributed by atoms with Crippen molar-refractivity contribution in [3.63, 3.8) is 0 Å². The number of anilines is 2. The minimum Gasteiger partial charge on any atom is -0.494 e. The molecule has 2 N–H and O–H groups in total. The van der Waals surface area contributed by atoms with Crippen molar-refractivity contribution in [2.45, 2.75) is 32.2 Å². The molecule has 1 unspecified atom stereocenters. The molecule has 0 bridgehead atoms. The Kier molecular flexibility index (Phi) is 7.33. The smallest absolute Gasteiger partial charge is 0.255 e. The first-order valence-electron chi connectivity index (χ1n) is 11.3. The Morgan fingerprint density at radius 2 is 1.91 bits per heavy atom. The molecular formula is C26H30BrN3O2. The molecule has 0 aromatic heterocycles. The first-order chi connectivity index (χ1) is 15.6. The van der Waals surface area contributed by atoms with E-state index < -0.39 is 0 Å². The van der Waals surface area contributed by atoms with Crippen molar-refractivity contribution in [2.75, 3.05) is 37.0 Å². The quantitative estimate of drug-likeness (QED) is 0.386. The molecule has 3 aromatic carbocycles. The summed E-state index contributed by atoms with van der Waals surface area (Å²) < 4.78 is 6.69. The highest BCUT2D eigenvalue weighted by Crippen LogP contribution is 2.40. The average Bonchev–Trinajstić information content (AvgIpc) is 3.28. The number of fused-ring (bicyclic) bond motifs is 1. The molecule has 1 heterocycles. The number of amides is 1. The molecule has 1 amide bonds. The summed E-state index contributed by atoms with van der Waals surface area (Å²) in [6.45, 7) is 4.81. The van der Waals surface area contributed by atoms with E-state index in [0.29, 0.717) is 18.2 Å². The van der Waals surface area contributed by atoms with Crippen molar-refractivity contribution < 1.29 is 9.53 Å². The van der Waals surface area contributed by atoms with E-state index in [0.717, 1.165) is 59.0 Å².